The molecule has 1 N–H and O–H groups in total. The lowest BCUT2D eigenvalue weighted by molar-refractivity contribution is 0.206. The lowest BCUT2D eigenvalue weighted by Crippen LogP contribution is -2.36. The fourth-order valence-corrected chi connectivity index (χ4v) is 3.08. The van der Waals surface area contributed by atoms with Crippen LogP contribution in [0.1, 0.15) is 36.0 Å². The standard InChI is InChI=1S/C16H19N5O2S/c1-10(2)15-18-12(9-24-15)7-17-16(22)21(3)8-11-4-5-13-14(6-11)20-23-19-13/h4-6,9-10H,7-8H2,1-3H3,(H,17,22). The number of hydrogen-bond acceptors (Lipinski definition) is 6. The van der Waals surface area contributed by atoms with Crippen molar-refractivity contribution in [1.82, 2.24) is 25.5 Å². The second kappa shape index (κ2) is 6.96. The molecule has 0 fully saturated rings. The third-order valence-corrected chi connectivity index (χ3v) is 4.76. The van der Waals surface area contributed by atoms with Gasteiger partial charge in [-0.3, -0.25) is 0 Å². The fourth-order valence-electron chi connectivity index (χ4n) is 2.24. The molecule has 3 rings (SSSR count). The number of rotatable bonds is 5. The van der Waals surface area contributed by atoms with Crippen molar-refractivity contribution in [3.8, 4) is 0 Å². The van der Waals surface area contributed by atoms with E-state index >= 15 is 0 Å². The minimum Gasteiger partial charge on any atom is -0.332 e. The maximum absolute atomic E-state index is 12.2. The van der Waals surface area contributed by atoms with Crippen LogP contribution in [0.25, 0.3) is 11.0 Å². The Morgan fingerprint density at radius 3 is 2.88 bits per heavy atom. The van der Waals surface area contributed by atoms with E-state index in [0.29, 0.717) is 30.0 Å². The molecule has 0 saturated heterocycles. The van der Waals surface area contributed by atoms with Gasteiger partial charge in [0, 0.05) is 24.9 Å². The van der Waals surface area contributed by atoms with Gasteiger partial charge in [0.1, 0.15) is 11.0 Å². The third-order valence-electron chi connectivity index (χ3n) is 3.57. The number of hydrogen-bond donors (Lipinski definition) is 1. The summed E-state index contributed by atoms with van der Waals surface area (Å²) in [6, 6.07) is 5.46. The van der Waals surface area contributed by atoms with Crippen LogP contribution in [0.3, 0.4) is 0 Å². The average molecular weight is 345 g/mol. The Morgan fingerprint density at radius 1 is 1.33 bits per heavy atom. The molecular weight excluding hydrogens is 326 g/mol. The highest BCUT2D eigenvalue weighted by atomic mass is 32.1. The molecule has 8 heteroatoms. The van der Waals surface area contributed by atoms with Gasteiger partial charge in [0.2, 0.25) is 0 Å². The summed E-state index contributed by atoms with van der Waals surface area (Å²) in [4.78, 5) is 18.3. The van der Waals surface area contributed by atoms with Crippen LogP contribution < -0.4 is 5.32 Å². The molecule has 2 heterocycles. The molecule has 0 atom stereocenters. The predicted octanol–water partition coefficient (Wildman–Crippen LogP) is 3.14. The molecule has 3 aromatic rings. The van der Waals surface area contributed by atoms with Gasteiger partial charge in [0.25, 0.3) is 0 Å². The molecule has 126 valence electrons. The zero-order valence-corrected chi connectivity index (χ0v) is 14.6. The van der Waals surface area contributed by atoms with Crippen molar-refractivity contribution in [1.29, 1.82) is 0 Å². The van der Waals surface area contributed by atoms with Gasteiger partial charge in [-0.2, -0.15) is 0 Å². The zero-order valence-electron chi connectivity index (χ0n) is 13.8. The van der Waals surface area contributed by atoms with Gasteiger partial charge in [0.05, 0.1) is 17.2 Å². The van der Waals surface area contributed by atoms with Crippen LogP contribution in [-0.2, 0) is 13.1 Å². The maximum Gasteiger partial charge on any atom is 0.317 e. The first-order valence-corrected chi connectivity index (χ1v) is 8.55. The molecule has 0 saturated carbocycles. The molecule has 0 bridgehead atoms. The molecule has 7 nitrogen and oxygen atoms in total. The molecule has 2 aromatic heterocycles. The lowest BCUT2D eigenvalue weighted by Gasteiger charge is -2.17. The van der Waals surface area contributed by atoms with Crippen LogP contribution in [0.5, 0.6) is 0 Å². The Morgan fingerprint density at radius 2 is 2.12 bits per heavy atom. The first kappa shape index (κ1) is 16.4. The summed E-state index contributed by atoms with van der Waals surface area (Å²) in [5.41, 5.74) is 3.24. The van der Waals surface area contributed by atoms with E-state index in [2.05, 4.69) is 39.1 Å². The quantitative estimate of drug-likeness (QED) is 0.768. The van der Waals surface area contributed by atoms with Crippen molar-refractivity contribution < 1.29 is 9.42 Å². The van der Waals surface area contributed by atoms with Crippen molar-refractivity contribution in [3.05, 3.63) is 39.8 Å². The van der Waals surface area contributed by atoms with E-state index in [0.717, 1.165) is 16.3 Å². The van der Waals surface area contributed by atoms with E-state index in [1.807, 2.05) is 23.6 Å². The molecule has 0 spiro atoms. The summed E-state index contributed by atoms with van der Waals surface area (Å²) in [6.45, 7) is 5.12. The van der Waals surface area contributed by atoms with E-state index < -0.39 is 0 Å². The van der Waals surface area contributed by atoms with Gasteiger partial charge in [-0.15, -0.1) is 11.3 Å². The molecule has 0 aliphatic carbocycles. The van der Waals surface area contributed by atoms with Crippen LogP contribution in [0.2, 0.25) is 0 Å². The molecule has 0 aliphatic rings. The van der Waals surface area contributed by atoms with Crippen molar-refractivity contribution in [2.24, 2.45) is 0 Å². The monoisotopic (exact) mass is 345 g/mol. The second-order valence-electron chi connectivity index (χ2n) is 5.93. The fraction of sp³-hybridized carbons (Fsp3) is 0.375. The van der Waals surface area contributed by atoms with Crippen LogP contribution >= 0.6 is 11.3 Å². The van der Waals surface area contributed by atoms with Gasteiger partial charge in [-0.1, -0.05) is 19.9 Å². The number of carbonyl (C=O) groups excluding carboxylic acids is 1. The minimum absolute atomic E-state index is 0.146. The van der Waals surface area contributed by atoms with E-state index in [9.17, 15) is 4.79 Å². The molecular formula is C16H19N5O2S. The molecule has 0 unspecified atom stereocenters. The number of benzene rings is 1. The smallest absolute Gasteiger partial charge is 0.317 e. The van der Waals surface area contributed by atoms with Gasteiger partial charge in [-0.25, -0.2) is 14.4 Å². The summed E-state index contributed by atoms with van der Waals surface area (Å²) in [6.07, 6.45) is 0. The first-order chi connectivity index (χ1) is 11.5. The van der Waals surface area contributed by atoms with Crippen molar-refractivity contribution in [2.75, 3.05) is 7.05 Å². The van der Waals surface area contributed by atoms with Gasteiger partial charge >= 0.3 is 6.03 Å². The number of thiazole rings is 1. The highest BCUT2D eigenvalue weighted by molar-refractivity contribution is 7.09. The molecule has 0 aliphatic heterocycles. The number of carbonyl (C=O) groups is 1. The Labute approximate surface area is 143 Å². The average Bonchev–Trinajstić information content (AvgIpc) is 3.21. The predicted molar refractivity (Wildman–Crippen MR) is 91.7 cm³/mol. The Hall–Kier alpha value is -2.48. The van der Waals surface area contributed by atoms with Crippen LogP contribution in [0.4, 0.5) is 4.79 Å². The number of urea groups is 1. The van der Waals surface area contributed by atoms with Crippen LogP contribution in [-0.4, -0.2) is 33.3 Å². The Kier molecular flexibility index (Phi) is 4.75. The summed E-state index contributed by atoms with van der Waals surface area (Å²) >= 11 is 1.62. The molecule has 0 radical (unpaired) electrons. The normalized spacial score (nSPS) is 11.2. The summed E-state index contributed by atoms with van der Waals surface area (Å²) in [5.74, 6) is 0.406. The number of amides is 2. The van der Waals surface area contributed by atoms with Crippen LogP contribution in [0.15, 0.2) is 28.2 Å². The number of fused-ring (bicyclic) bond motifs is 1. The van der Waals surface area contributed by atoms with E-state index in [-0.39, 0.29) is 6.03 Å². The summed E-state index contributed by atoms with van der Waals surface area (Å²) in [5, 5.41) is 13.5. The molecule has 24 heavy (non-hydrogen) atoms. The van der Waals surface area contributed by atoms with Crippen molar-refractivity contribution >= 4 is 28.4 Å². The Balaban J connectivity index is 1.55. The van der Waals surface area contributed by atoms with Gasteiger partial charge in [0.15, 0.2) is 0 Å². The SMILES string of the molecule is CC(C)c1nc(CNC(=O)N(C)Cc2ccc3nonc3c2)cs1. The lowest BCUT2D eigenvalue weighted by atomic mass is 10.2. The summed E-state index contributed by atoms with van der Waals surface area (Å²) in [7, 11) is 1.75. The van der Waals surface area contributed by atoms with E-state index in [1.54, 1.807) is 23.3 Å². The maximum atomic E-state index is 12.2. The Bertz CT molecular complexity index is 842. The summed E-state index contributed by atoms with van der Waals surface area (Å²) < 4.78 is 4.68. The molecule has 1 aromatic carbocycles. The van der Waals surface area contributed by atoms with E-state index in [1.165, 1.54) is 0 Å². The number of nitrogens with zero attached hydrogens (tertiary/aromatic N) is 4. The van der Waals surface area contributed by atoms with Gasteiger partial charge in [-0.05, 0) is 28.0 Å². The van der Waals surface area contributed by atoms with Crippen molar-refractivity contribution in [2.45, 2.75) is 32.9 Å². The largest absolute Gasteiger partial charge is 0.332 e. The van der Waals surface area contributed by atoms with Gasteiger partial charge < -0.3 is 10.2 Å². The highest BCUT2D eigenvalue weighted by Gasteiger charge is 2.12. The van der Waals surface area contributed by atoms with Crippen molar-refractivity contribution in [3.63, 3.8) is 0 Å². The topological polar surface area (TPSA) is 84.2 Å². The third kappa shape index (κ3) is 3.70. The number of nitrogens with one attached hydrogen (secondary N) is 1. The zero-order chi connectivity index (χ0) is 17.1. The first-order valence-electron chi connectivity index (χ1n) is 7.67. The van der Waals surface area contributed by atoms with Crippen LogP contribution in [0, 0.1) is 0 Å². The number of aromatic nitrogens is 3. The second-order valence-corrected chi connectivity index (χ2v) is 6.82. The van der Waals surface area contributed by atoms with E-state index in [4.69, 9.17) is 0 Å². The highest BCUT2D eigenvalue weighted by Crippen LogP contribution is 2.19. The minimum atomic E-state index is -0.146. The molecule has 2 amide bonds.